The lowest BCUT2D eigenvalue weighted by atomic mass is 9.89. The first kappa shape index (κ1) is 13.1. The molecule has 0 radical (unpaired) electrons. The van der Waals surface area contributed by atoms with Crippen LogP contribution in [0.25, 0.3) is 0 Å². The molecule has 1 rings (SSSR count). The van der Waals surface area contributed by atoms with Crippen molar-refractivity contribution in [3.05, 3.63) is 35.4 Å². The molecule has 0 amide bonds. The number of terminal acetylenes is 1. The molecule has 0 saturated carbocycles. The Balaban J connectivity index is 3.45. The maximum atomic E-state index is 12.7. The highest BCUT2D eigenvalue weighted by atomic mass is 19.4. The van der Waals surface area contributed by atoms with Crippen LogP contribution in [0, 0.1) is 12.3 Å². The summed E-state index contributed by atoms with van der Waals surface area (Å²) in [5, 5.41) is 8.69. The van der Waals surface area contributed by atoms with Crippen molar-refractivity contribution in [3.63, 3.8) is 0 Å². The van der Waals surface area contributed by atoms with Gasteiger partial charge >= 0.3 is 12.1 Å². The van der Waals surface area contributed by atoms with Crippen molar-refractivity contribution >= 4 is 5.97 Å². The highest BCUT2D eigenvalue weighted by Gasteiger charge is 2.59. The van der Waals surface area contributed by atoms with E-state index in [2.05, 4.69) is 5.92 Å². The van der Waals surface area contributed by atoms with Gasteiger partial charge in [0, 0.05) is 5.56 Å². The van der Waals surface area contributed by atoms with Crippen LogP contribution in [0.2, 0.25) is 0 Å². The number of halogens is 3. The molecule has 0 bridgehead atoms. The number of carboxylic acids is 1. The van der Waals surface area contributed by atoms with E-state index < -0.39 is 23.2 Å². The smallest absolute Gasteiger partial charge is 0.421 e. The number of hydrogen-bond donors (Lipinski definition) is 2. The van der Waals surface area contributed by atoms with Gasteiger partial charge in [0.2, 0.25) is 5.54 Å². The van der Waals surface area contributed by atoms with E-state index in [9.17, 15) is 18.0 Å². The molecule has 0 fully saturated rings. The number of alkyl halides is 3. The summed E-state index contributed by atoms with van der Waals surface area (Å²) in [7, 11) is 0. The van der Waals surface area contributed by atoms with E-state index >= 15 is 0 Å². The molecule has 0 aliphatic rings. The number of hydrogen-bond acceptors (Lipinski definition) is 2. The van der Waals surface area contributed by atoms with Crippen LogP contribution in [0.4, 0.5) is 13.2 Å². The summed E-state index contributed by atoms with van der Waals surface area (Å²) in [5.41, 5.74) is 1.04. The molecule has 6 heteroatoms. The molecule has 0 aliphatic heterocycles. The fourth-order valence-corrected chi connectivity index (χ4v) is 1.26. The number of benzene rings is 1. The molecule has 3 nitrogen and oxygen atoms in total. The Morgan fingerprint density at radius 3 is 2.41 bits per heavy atom. The van der Waals surface area contributed by atoms with Crippen LogP contribution in [0.5, 0.6) is 0 Å². The molecule has 90 valence electrons. The zero-order valence-electron chi connectivity index (χ0n) is 8.45. The highest BCUT2D eigenvalue weighted by molar-refractivity contribution is 5.81. The second kappa shape index (κ2) is 4.11. The van der Waals surface area contributed by atoms with Gasteiger partial charge < -0.3 is 10.8 Å². The summed E-state index contributed by atoms with van der Waals surface area (Å²) in [6.45, 7) is 0. The van der Waals surface area contributed by atoms with E-state index in [0.717, 1.165) is 12.1 Å². The van der Waals surface area contributed by atoms with Crippen molar-refractivity contribution in [2.45, 2.75) is 11.7 Å². The highest BCUT2D eigenvalue weighted by Crippen LogP contribution is 2.37. The van der Waals surface area contributed by atoms with E-state index in [4.69, 9.17) is 17.3 Å². The summed E-state index contributed by atoms with van der Waals surface area (Å²) < 4.78 is 38.2. The summed E-state index contributed by atoms with van der Waals surface area (Å²) >= 11 is 0. The third-order valence-corrected chi connectivity index (χ3v) is 2.27. The van der Waals surface area contributed by atoms with Gasteiger partial charge in [0.05, 0.1) is 0 Å². The minimum absolute atomic E-state index is 0.128. The van der Waals surface area contributed by atoms with Crippen LogP contribution in [0.1, 0.15) is 11.1 Å². The van der Waals surface area contributed by atoms with E-state index in [-0.39, 0.29) is 5.56 Å². The molecule has 1 aromatic carbocycles. The van der Waals surface area contributed by atoms with E-state index in [1.807, 2.05) is 0 Å². The van der Waals surface area contributed by atoms with E-state index in [1.165, 1.54) is 12.1 Å². The van der Waals surface area contributed by atoms with Crippen LogP contribution in [-0.2, 0) is 10.3 Å². The Bertz CT molecular complexity index is 490. The summed E-state index contributed by atoms with van der Waals surface area (Å²) in [6.07, 6.45) is -0.0913. The summed E-state index contributed by atoms with van der Waals surface area (Å²) in [4.78, 5) is 10.8. The Morgan fingerprint density at radius 1 is 1.41 bits per heavy atom. The van der Waals surface area contributed by atoms with Gasteiger partial charge in [0.15, 0.2) is 0 Å². The van der Waals surface area contributed by atoms with Crippen LogP contribution in [0.15, 0.2) is 24.3 Å². The van der Waals surface area contributed by atoms with E-state index in [0.29, 0.717) is 0 Å². The fraction of sp³-hybridized carbons (Fsp3) is 0.182. The molecule has 1 atom stereocenters. The molecule has 17 heavy (non-hydrogen) atoms. The maximum Gasteiger partial charge on any atom is 0.421 e. The second-order valence-corrected chi connectivity index (χ2v) is 3.34. The van der Waals surface area contributed by atoms with Crippen LogP contribution >= 0.6 is 0 Å². The molecule has 1 aromatic rings. The van der Waals surface area contributed by atoms with Crippen molar-refractivity contribution in [2.75, 3.05) is 0 Å². The van der Waals surface area contributed by atoms with Gasteiger partial charge in [-0.2, -0.15) is 13.2 Å². The Kier molecular flexibility index (Phi) is 3.16. The number of aliphatic carboxylic acids is 1. The third kappa shape index (κ3) is 2.10. The van der Waals surface area contributed by atoms with Crippen molar-refractivity contribution < 1.29 is 23.1 Å². The molecule has 0 aromatic heterocycles. The van der Waals surface area contributed by atoms with Crippen molar-refractivity contribution in [2.24, 2.45) is 5.73 Å². The van der Waals surface area contributed by atoms with Gasteiger partial charge in [-0.3, -0.25) is 0 Å². The third-order valence-electron chi connectivity index (χ3n) is 2.27. The van der Waals surface area contributed by atoms with Gasteiger partial charge in [0.25, 0.3) is 0 Å². The first-order valence-electron chi connectivity index (χ1n) is 4.39. The lowest BCUT2D eigenvalue weighted by molar-refractivity contribution is -0.204. The second-order valence-electron chi connectivity index (χ2n) is 3.34. The predicted molar refractivity (Wildman–Crippen MR) is 53.9 cm³/mol. The van der Waals surface area contributed by atoms with Crippen LogP contribution in [0.3, 0.4) is 0 Å². The first-order chi connectivity index (χ1) is 7.73. The standard InChI is InChI=1S/C11H8F3NO2/c1-2-7-4-3-5-8(6-7)10(15,9(16)17)11(12,13)14/h1,3-6H,15H2,(H,16,17)/t10-/m0/s1. The Hall–Kier alpha value is -2.00. The van der Waals surface area contributed by atoms with Gasteiger partial charge in [-0.1, -0.05) is 18.1 Å². The lowest BCUT2D eigenvalue weighted by Gasteiger charge is -2.27. The first-order valence-corrected chi connectivity index (χ1v) is 4.39. The normalized spacial score (nSPS) is 14.8. The molecule has 0 spiro atoms. The van der Waals surface area contributed by atoms with Gasteiger partial charge in [-0.25, -0.2) is 4.79 Å². The monoisotopic (exact) mass is 243 g/mol. The van der Waals surface area contributed by atoms with Gasteiger partial charge in [-0.05, 0) is 17.7 Å². The molecule has 0 aliphatic carbocycles. The fourth-order valence-electron chi connectivity index (χ4n) is 1.26. The zero-order valence-corrected chi connectivity index (χ0v) is 8.45. The van der Waals surface area contributed by atoms with Crippen LogP contribution in [-0.4, -0.2) is 17.3 Å². The largest absolute Gasteiger partial charge is 0.479 e. The predicted octanol–water partition coefficient (Wildman–Crippen LogP) is 1.47. The van der Waals surface area contributed by atoms with E-state index in [1.54, 1.807) is 0 Å². The minimum atomic E-state index is -5.12. The number of rotatable bonds is 2. The molecule has 0 unspecified atom stereocenters. The van der Waals surface area contributed by atoms with Gasteiger partial charge in [-0.15, -0.1) is 6.42 Å². The minimum Gasteiger partial charge on any atom is -0.479 e. The zero-order chi connectivity index (χ0) is 13.3. The average molecular weight is 243 g/mol. The quantitative estimate of drug-likeness (QED) is 0.773. The topological polar surface area (TPSA) is 63.3 Å². The van der Waals surface area contributed by atoms with Gasteiger partial charge in [0.1, 0.15) is 0 Å². The number of nitrogens with two attached hydrogens (primary N) is 1. The van der Waals surface area contributed by atoms with Crippen molar-refractivity contribution in [1.29, 1.82) is 0 Å². The lowest BCUT2D eigenvalue weighted by Crippen LogP contribution is -2.56. The molecule has 3 N–H and O–H groups in total. The molecule has 0 heterocycles. The van der Waals surface area contributed by atoms with Crippen molar-refractivity contribution in [1.82, 2.24) is 0 Å². The molecule has 0 saturated heterocycles. The molecular formula is C11H8F3NO2. The Morgan fingerprint density at radius 2 is 2.00 bits per heavy atom. The number of carbonyl (C=O) groups is 1. The molecular weight excluding hydrogens is 235 g/mol. The average Bonchev–Trinajstić information content (AvgIpc) is 2.26. The van der Waals surface area contributed by atoms with Crippen molar-refractivity contribution in [3.8, 4) is 12.3 Å². The SMILES string of the molecule is C#Cc1cccc([C@](N)(C(=O)O)C(F)(F)F)c1. The van der Waals surface area contributed by atoms with Crippen LogP contribution < -0.4 is 5.73 Å². The Labute approximate surface area is 95.0 Å². The summed E-state index contributed by atoms with van der Waals surface area (Å²) in [6, 6.07) is 4.51. The summed E-state index contributed by atoms with van der Waals surface area (Å²) in [5.74, 6) is -0.0673. The maximum absolute atomic E-state index is 12.7. The number of carboxylic acid groups (broad SMARTS) is 1.